The molecule has 2 N–H and O–H groups in total. The summed E-state index contributed by atoms with van der Waals surface area (Å²) >= 11 is 0. The summed E-state index contributed by atoms with van der Waals surface area (Å²) in [7, 11) is 1.38. The molecule has 0 bridgehead atoms. The lowest BCUT2D eigenvalue weighted by Crippen LogP contribution is -2.38. The fourth-order valence-electron chi connectivity index (χ4n) is 2.76. The summed E-state index contributed by atoms with van der Waals surface area (Å²) in [4.78, 5) is 14.2. The van der Waals surface area contributed by atoms with Gasteiger partial charge in [-0.2, -0.15) is 5.10 Å². The van der Waals surface area contributed by atoms with Gasteiger partial charge in [-0.05, 0) is 32.6 Å². The summed E-state index contributed by atoms with van der Waals surface area (Å²) in [5.41, 5.74) is 6.50. The second kappa shape index (κ2) is 6.15. The number of nitrogens with zero attached hydrogens (tertiary/aromatic N) is 3. The van der Waals surface area contributed by atoms with Crippen LogP contribution in [0.3, 0.4) is 0 Å². The van der Waals surface area contributed by atoms with Crippen LogP contribution in [0.2, 0.25) is 0 Å². The number of hydrogen-bond donors (Lipinski definition) is 1. The van der Waals surface area contributed by atoms with Gasteiger partial charge in [0, 0.05) is 19.1 Å². The second-order valence-corrected chi connectivity index (χ2v) is 5.34. The van der Waals surface area contributed by atoms with E-state index in [1.54, 1.807) is 4.68 Å². The van der Waals surface area contributed by atoms with Crippen molar-refractivity contribution >= 4 is 17.6 Å². The van der Waals surface area contributed by atoms with Crippen molar-refractivity contribution in [3.05, 3.63) is 5.56 Å². The first-order valence-electron chi connectivity index (χ1n) is 7.31. The average Bonchev–Trinajstić information content (AvgIpc) is 2.76. The van der Waals surface area contributed by atoms with Gasteiger partial charge in [-0.1, -0.05) is 6.92 Å². The standard InChI is InChI=1S/C14H24N4O2/c1-4-8-18-12(15)11(14(19)20-3)13(16-18)17-9-6-5-7-10(17)2/h10H,4-9,15H2,1-3H3. The quantitative estimate of drug-likeness (QED) is 0.854. The summed E-state index contributed by atoms with van der Waals surface area (Å²) in [6.07, 6.45) is 4.37. The first kappa shape index (κ1) is 14.7. The van der Waals surface area contributed by atoms with Crippen molar-refractivity contribution < 1.29 is 9.53 Å². The number of rotatable bonds is 4. The van der Waals surface area contributed by atoms with Crippen LogP contribution in [0.5, 0.6) is 0 Å². The maximum absolute atomic E-state index is 12.0. The zero-order chi connectivity index (χ0) is 14.7. The Bertz CT molecular complexity index is 484. The number of aromatic nitrogens is 2. The molecule has 0 amide bonds. The second-order valence-electron chi connectivity index (χ2n) is 5.34. The van der Waals surface area contributed by atoms with E-state index in [-0.39, 0.29) is 0 Å². The zero-order valence-corrected chi connectivity index (χ0v) is 12.6. The van der Waals surface area contributed by atoms with Gasteiger partial charge in [0.2, 0.25) is 0 Å². The van der Waals surface area contributed by atoms with Crippen LogP contribution in [-0.4, -0.2) is 35.4 Å². The van der Waals surface area contributed by atoms with Crippen molar-refractivity contribution in [3.63, 3.8) is 0 Å². The molecule has 112 valence electrons. The Balaban J connectivity index is 2.44. The SMILES string of the molecule is CCCn1nc(N2CCCCC2C)c(C(=O)OC)c1N. The van der Waals surface area contributed by atoms with Crippen LogP contribution < -0.4 is 10.6 Å². The highest BCUT2D eigenvalue weighted by Crippen LogP contribution is 2.31. The molecule has 20 heavy (non-hydrogen) atoms. The van der Waals surface area contributed by atoms with Crippen molar-refractivity contribution in [2.45, 2.75) is 52.1 Å². The van der Waals surface area contributed by atoms with Gasteiger partial charge in [-0.15, -0.1) is 0 Å². The lowest BCUT2D eigenvalue weighted by Gasteiger charge is -2.33. The van der Waals surface area contributed by atoms with Crippen LogP contribution in [0.15, 0.2) is 0 Å². The van der Waals surface area contributed by atoms with Gasteiger partial charge in [-0.3, -0.25) is 0 Å². The number of ether oxygens (including phenoxy) is 1. The van der Waals surface area contributed by atoms with Gasteiger partial charge in [0.25, 0.3) is 0 Å². The Labute approximate surface area is 119 Å². The molecule has 0 saturated carbocycles. The monoisotopic (exact) mass is 280 g/mol. The highest BCUT2D eigenvalue weighted by molar-refractivity contribution is 5.99. The van der Waals surface area contributed by atoms with Crippen molar-refractivity contribution in [1.82, 2.24) is 9.78 Å². The molecule has 1 aliphatic rings. The van der Waals surface area contributed by atoms with Crippen LogP contribution in [0.25, 0.3) is 0 Å². The van der Waals surface area contributed by atoms with Crippen LogP contribution >= 0.6 is 0 Å². The Morgan fingerprint density at radius 2 is 2.25 bits per heavy atom. The number of hydrogen-bond acceptors (Lipinski definition) is 5. The van der Waals surface area contributed by atoms with Gasteiger partial charge in [0.1, 0.15) is 11.4 Å². The van der Waals surface area contributed by atoms with E-state index >= 15 is 0 Å². The molecule has 1 aliphatic heterocycles. The normalized spacial score (nSPS) is 19.1. The van der Waals surface area contributed by atoms with E-state index in [1.165, 1.54) is 13.5 Å². The molecule has 6 heteroatoms. The lowest BCUT2D eigenvalue weighted by molar-refractivity contribution is 0.0602. The van der Waals surface area contributed by atoms with E-state index in [4.69, 9.17) is 10.5 Å². The molecular formula is C14H24N4O2. The van der Waals surface area contributed by atoms with Crippen molar-refractivity contribution in [2.24, 2.45) is 0 Å². The molecular weight excluding hydrogens is 256 g/mol. The predicted molar refractivity (Wildman–Crippen MR) is 78.9 cm³/mol. The number of anilines is 2. The molecule has 0 aromatic carbocycles. The molecule has 1 atom stereocenters. The molecule has 2 heterocycles. The van der Waals surface area contributed by atoms with Crippen LogP contribution in [0, 0.1) is 0 Å². The average molecular weight is 280 g/mol. The van der Waals surface area contributed by atoms with Crippen molar-refractivity contribution in [1.29, 1.82) is 0 Å². The highest BCUT2D eigenvalue weighted by atomic mass is 16.5. The fourth-order valence-corrected chi connectivity index (χ4v) is 2.76. The maximum atomic E-state index is 12.0. The number of aryl methyl sites for hydroxylation is 1. The van der Waals surface area contributed by atoms with Gasteiger partial charge in [0.05, 0.1) is 7.11 Å². The molecule has 1 aromatic heterocycles. The van der Waals surface area contributed by atoms with Crippen LogP contribution in [0.4, 0.5) is 11.6 Å². The summed E-state index contributed by atoms with van der Waals surface area (Å²) in [5, 5.41) is 4.56. The Morgan fingerprint density at radius 1 is 1.50 bits per heavy atom. The Kier molecular flexibility index (Phi) is 4.52. The smallest absolute Gasteiger partial charge is 0.345 e. The van der Waals surface area contributed by atoms with E-state index < -0.39 is 5.97 Å². The zero-order valence-electron chi connectivity index (χ0n) is 12.6. The summed E-state index contributed by atoms with van der Waals surface area (Å²) in [5.74, 6) is 0.680. The highest BCUT2D eigenvalue weighted by Gasteiger charge is 2.30. The molecule has 0 spiro atoms. The van der Waals surface area contributed by atoms with Crippen molar-refractivity contribution in [2.75, 3.05) is 24.3 Å². The lowest BCUT2D eigenvalue weighted by atomic mass is 10.0. The first-order chi connectivity index (χ1) is 9.60. The van der Waals surface area contributed by atoms with E-state index in [0.717, 1.165) is 25.8 Å². The van der Waals surface area contributed by atoms with E-state index in [1.807, 2.05) is 0 Å². The number of nitrogens with two attached hydrogens (primary N) is 1. The third-order valence-electron chi connectivity index (χ3n) is 3.87. The van der Waals surface area contributed by atoms with E-state index in [9.17, 15) is 4.79 Å². The van der Waals surface area contributed by atoms with Gasteiger partial charge in [0.15, 0.2) is 5.82 Å². The summed E-state index contributed by atoms with van der Waals surface area (Å²) < 4.78 is 6.59. The number of piperidine rings is 1. The molecule has 6 nitrogen and oxygen atoms in total. The topological polar surface area (TPSA) is 73.4 Å². The molecule has 1 aromatic rings. The molecule has 2 rings (SSSR count). The number of carbonyl (C=O) groups is 1. The third-order valence-corrected chi connectivity index (χ3v) is 3.87. The predicted octanol–water partition coefficient (Wildman–Crippen LogP) is 2.04. The Hall–Kier alpha value is -1.72. The van der Waals surface area contributed by atoms with Crippen LogP contribution in [-0.2, 0) is 11.3 Å². The first-order valence-corrected chi connectivity index (χ1v) is 7.31. The van der Waals surface area contributed by atoms with Gasteiger partial charge in [-0.25, -0.2) is 9.48 Å². The van der Waals surface area contributed by atoms with Gasteiger partial charge < -0.3 is 15.4 Å². The number of methoxy groups -OCH3 is 1. The third kappa shape index (κ3) is 2.59. The number of nitrogen functional groups attached to an aromatic ring is 1. The fraction of sp³-hybridized carbons (Fsp3) is 0.714. The minimum atomic E-state index is -0.405. The molecule has 1 saturated heterocycles. The molecule has 0 radical (unpaired) electrons. The molecule has 1 unspecified atom stereocenters. The van der Waals surface area contributed by atoms with Gasteiger partial charge >= 0.3 is 5.97 Å². The summed E-state index contributed by atoms with van der Waals surface area (Å²) in [6, 6.07) is 0.372. The summed E-state index contributed by atoms with van der Waals surface area (Å²) in [6.45, 7) is 5.84. The minimum Gasteiger partial charge on any atom is -0.465 e. The largest absolute Gasteiger partial charge is 0.465 e. The number of esters is 1. The van der Waals surface area contributed by atoms with E-state index in [2.05, 4.69) is 23.8 Å². The van der Waals surface area contributed by atoms with Crippen molar-refractivity contribution in [3.8, 4) is 0 Å². The maximum Gasteiger partial charge on any atom is 0.345 e. The van der Waals surface area contributed by atoms with E-state index in [0.29, 0.717) is 29.8 Å². The number of carbonyl (C=O) groups excluding carboxylic acids is 1. The molecule has 1 fully saturated rings. The molecule has 0 aliphatic carbocycles. The minimum absolute atomic E-state index is 0.372. The van der Waals surface area contributed by atoms with Crippen LogP contribution in [0.1, 0.15) is 49.9 Å². The Morgan fingerprint density at radius 3 is 2.85 bits per heavy atom.